The summed E-state index contributed by atoms with van der Waals surface area (Å²) in [6, 6.07) is 0.610. The maximum atomic E-state index is 12.0. The lowest BCUT2D eigenvalue weighted by Crippen LogP contribution is -2.41. The summed E-state index contributed by atoms with van der Waals surface area (Å²) in [5.41, 5.74) is 6.81. The summed E-state index contributed by atoms with van der Waals surface area (Å²) in [7, 11) is 0. The molecular formula is C15H27Cl2N3OS. The standard InChI is InChI=1S/C15H25N3OS.2ClH/c1-15(2,3)14-18-12(9-20-14)8-13(19)17-11-6-4-10(16)5-7-11;;/h9-11H,4-8,16H2,1-3H3,(H,17,19);2*1H. The summed E-state index contributed by atoms with van der Waals surface area (Å²) >= 11 is 1.64. The Morgan fingerprint density at radius 2 is 1.91 bits per heavy atom. The van der Waals surface area contributed by atoms with Crippen molar-refractivity contribution in [2.45, 2.75) is 70.4 Å². The Morgan fingerprint density at radius 1 is 1.32 bits per heavy atom. The van der Waals surface area contributed by atoms with Crippen LogP contribution in [0.4, 0.5) is 0 Å². The summed E-state index contributed by atoms with van der Waals surface area (Å²) in [6.07, 6.45) is 4.40. The van der Waals surface area contributed by atoms with Gasteiger partial charge >= 0.3 is 0 Å². The van der Waals surface area contributed by atoms with Crippen LogP contribution in [0.3, 0.4) is 0 Å². The maximum absolute atomic E-state index is 12.0. The van der Waals surface area contributed by atoms with Crippen LogP contribution in [0.2, 0.25) is 0 Å². The van der Waals surface area contributed by atoms with E-state index in [2.05, 4.69) is 31.1 Å². The molecule has 0 radical (unpaired) electrons. The Morgan fingerprint density at radius 3 is 2.41 bits per heavy atom. The smallest absolute Gasteiger partial charge is 0.226 e. The lowest BCUT2D eigenvalue weighted by Gasteiger charge is -2.26. The van der Waals surface area contributed by atoms with Gasteiger partial charge in [-0.2, -0.15) is 0 Å². The highest BCUT2D eigenvalue weighted by atomic mass is 35.5. The van der Waals surface area contributed by atoms with Gasteiger partial charge in [0.05, 0.1) is 17.1 Å². The van der Waals surface area contributed by atoms with Gasteiger partial charge in [0.15, 0.2) is 0 Å². The van der Waals surface area contributed by atoms with Crippen LogP contribution in [-0.4, -0.2) is 23.0 Å². The first-order chi connectivity index (χ1) is 9.34. The van der Waals surface area contributed by atoms with Crippen LogP contribution in [0, 0.1) is 0 Å². The molecule has 22 heavy (non-hydrogen) atoms. The number of rotatable bonds is 3. The topological polar surface area (TPSA) is 68.0 Å². The highest BCUT2D eigenvalue weighted by molar-refractivity contribution is 7.09. The third-order valence-corrected chi connectivity index (χ3v) is 4.99. The summed E-state index contributed by atoms with van der Waals surface area (Å²) in [5.74, 6) is 0.0798. The first-order valence-corrected chi connectivity index (χ1v) is 8.22. The second-order valence-electron chi connectivity index (χ2n) is 6.75. The number of aromatic nitrogens is 1. The minimum absolute atomic E-state index is 0. The van der Waals surface area contributed by atoms with Crippen LogP contribution in [0.25, 0.3) is 0 Å². The molecule has 4 nitrogen and oxygen atoms in total. The molecule has 1 saturated carbocycles. The Balaban J connectivity index is 0.00000220. The van der Waals surface area contributed by atoms with E-state index in [0.29, 0.717) is 18.5 Å². The van der Waals surface area contributed by atoms with Gasteiger partial charge in [0, 0.05) is 22.9 Å². The molecule has 128 valence electrons. The van der Waals surface area contributed by atoms with E-state index >= 15 is 0 Å². The van der Waals surface area contributed by atoms with Crippen molar-refractivity contribution in [1.29, 1.82) is 0 Å². The van der Waals surface area contributed by atoms with Crippen LogP contribution in [0.15, 0.2) is 5.38 Å². The molecule has 1 amide bonds. The molecule has 1 aliphatic rings. The summed E-state index contributed by atoms with van der Waals surface area (Å²) in [5, 5.41) is 6.19. The zero-order chi connectivity index (χ0) is 14.8. The SMILES string of the molecule is CC(C)(C)c1nc(CC(=O)NC2CCC(N)CC2)cs1.Cl.Cl. The number of hydrogen-bond acceptors (Lipinski definition) is 4. The molecule has 7 heteroatoms. The summed E-state index contributed by atoms with van der Waals surface area (Å²) < 4.78 is 0. The van der Waals surface area contributed by atoms with Crippen molar-refractivity contribution in [3.05, 3.63) is 16.1 Å². The van der Waals surface area contributed by atoms with Crippen LogP contribution < -0.4 is 11.1 Å². The van der Waals surface area contributed by atoms with Crippen LogP contribution >= 0.6 is 36.2 Å². The molecule has 0 unspecified atom stereocenters. The quantitative estimate of drug-likeness (QED) is 0.861. The third kappa shape index (κ3) is 6.41. The number of halogens is 2. The molecule has 2 rings (SSSR count). The molecular weight excluding hydrogens is 341 g/mol. The van der Waals surface area contributed by atoms with Gasteiger partial charge in [0.2, 0.25) is 5.91 Å². The van der Waals surface area contributed by atoms with Gasteiger partial charge in [-0.25, -0.2) is 4.98 Å². The van der Waals surface area contributed by atoms with Crippen molar-refractivity contribution in [2.75, 3.05) is 0 Å². The van der Waals surface area contributed by atoms with E-state index in [1.807, 2.05) is 5.38 Å². The fraction of sp³-hybridized carbons (Fsp3) is 0.733. The second-order valence-corrected chi connectivity index (χ2v) is 7.61. The van der Waals surface area contributed by atoms with Gasteiger partial charge in [0.25, 0.3) is 0 Å². The predicted molar refractivity (Wildman–Crippen MR) is 97.4 cm³/mol. The zero-order valence-electron chi connectivity index (χ0n) is 13.4. The Bertz CT molecular complexity index is 466. The van der Waals surface area contributed by atoms with Crippen LogP contribution in [-0.2, 0) is 16.6 Å². The number of carbonyl (C=O) groups excluding carboxylic acids is 1. The van der Waals surface area contributed by atoms with Gasteiger partial charge in [-0.05, 0) is 25.7 Å². The van der Waals surface area contributed by atoms with Crippen LogP contribution in [0.1, 0.15) is 57.2 Å². The van der Waals surface area contributed by atoms with Crippen molar-refractivity contribution in [2.24, 2.45) is 5.73 Å². The van der Waals surface area contributed by atoms with Crippen molar-refractivity contribution >= 4 is 42.1 Å². The summed E-state index contributed by atoms with van der Waals surface area (Å²) in [4.78, 5) is 16.6. The number of nitrogens with one attached hydrogen (secondary N) is 1. The van der Waals surface area contributed by atoms with E-state index in [1.54, 1.807) is 11.3 Å². The molecule has 0 spiro atoms. The lowest BCUT2D eigenvalue weighted by molar-refractivity contribution is -0.121. The predicted octanol–water partition coefficient (Wildman–Crippen LogP) is 3.21. The Hall–Kier alpha value is -0.360. The summed E-state index contributed by atoms with van der Waals surface area (Å²) in [6.45, 7) is 6.42. The van der Waals surface area contributed by atoms with E-state index in [-0.39, 0.29) is 36.1 Å². The molecule has 0 aromatic carbocycles. The lowest BCUT2D eigenvalue weighted by atomic mass is 9.92. The fourth-order valence-corrected chi connectivity index (χ4v) is 3.35. The number of nitrogens with zero attached hydrogens (tertiary/aromatic N) is 1. The Labute approximate surface area is 149 Å². The van der Waals surface area contributed by atoms with Gasteiger partial charge < -0.3 is 11.1 Å². The van der Waals surface area contributed by atoms with Crippen molar-refractivity contribution in [3.8, 4) is 0 Å². The monoisotopic (exact) mass is 367 g/mol. The molecule has 3 N–H and O–H groups in total. The molecule has 0 atom stereocenters. The minimum atomic E-state index is 0. The minimum Gasteiger partial charge on any atom is -0.353 e. The molecule has 0 bridgehead atoms. The molecule has 1 aromatic heterocycles. The zero-order valence-corrected chi connectivity index (χ0v) is 15.9. The second kappa shape index (κ2) is 9.06. The highest BCUT2D eigenvalue weighted by Crippen LogP contribution is 2.25. The largest absolute Gasteiger partial charge is 0.353 e. The van der Waals surface area contributed by atoms with E-state index in [0.717, 1.165) is 36.4 Å². The van der Waals surface area contributed by atoms with E-state index in [4.69, 9.17) is 5.73 Å². The van der Waals surface area contributed by atoms with Crippen molar-refractivity contribution in [3.63, 3.8) is 0 Å². The average Bonchev–Trinajstić information content (AvgIpc) is 2.80. The van der Waals surface area contributed by atoms with E-state index < -0.39 is 0 Å². The third-order valence-electron chi connectivity index (χ3n) is 3.67. The average molecular weight is 368 g/mol. The number of thiazole rings is 1. The molecule has 0 saturated heterocycles. The van der Waals surface area contributed by atoms with Gasteiger partial charge in [-0.1, -0.05) is 20.8 Å². The first-order valence-electron chi connectivity index (χ1n) is 7.34. The Kier molecular flexibility index (Phi) is 8.91. The molecule has 1 fully saturated rings. The maximum Gasteiger partial charge on any atom is 0.226 e. The molecule has 1 aliphatic carbocycles. The van der Waals surface area contributed by atoms with Crippen molar-refractivity contribution < 1.29 is 4.79 Å². The van der Waals surface area contributed by atoms with Gasteiger partial charge in [-0.3, -0.25) is 4.79 Å². The van der Waals surface area contributed by atoms with Crippen molar-refractivity contribution in [1.82, 2.24) is 10.3 Å². The molecule has 1 aromatic rings. The first kappa shape index (κ1) is 21.6. The van der Waals surface area contributed by atoms with Crippen LogP contribution in [0.5, 0.6) is 0 Å². The highest BCUT2D eigenvalue weighted by Gasteiger charge is 2.21. The van der Waals surface area contributed by atoms with E-state index in [1.165, 1.54) is 0 Å². The number of nitrogens with two attached hydrogens (primary N) is 1. The fourth-order valence-electron chi connectivity index (χ4n) is 2.44. The van der Waals surface area contributed by atoms with E-state index in [9.17, 15) is 4.79 Å². The number of amides is 1. The molecule has 1 heterocycles. The molecule has 0 aliphatic heterocycles. The number of hydrogen-bond donors (Lipinski definition) is 2. The normalized spacial score (nSPS) is 21.5. The van der Waals surface area contributed by atoms with Gasteiger partial charge in [-0.15, -0.1) is 36.2 Å². The van der Waals surface area contributed by atoms with Gasteiger partial charge in [0.1, 0.15) is 0 Å². The number of carbonyl (C=O) groups is 1.